The van der Waals surface area contributed by atoms with Crippen molar-refractivity contribution in [3.8, 4) is 0 Å². The van der Waals surface area contributed by atoms with Crippen molar-refractivity contribution in [2.45, 2.75) is 84.5 Å². The number of nitrogens with two attached hydrogens (primary N) is 2. The van der Waals surface area contributed by atoms with E-state index in [2.05, 4.69) is 13.8 Å². The summed E-state index contributed by atoms with van der Waals surface area (Å²) in [7, 11) is 0. The lowest BCUT2D eigenvalue weighted by atomic mass is 10.1. The van der Waals surface area contributed by atoms with Gasteiger partial charge in [-0.2, -0.15) is 0 Å². The van der Waals surface area contributed by atoms with Crippen molar-refractivity contribution in [2.24, 2.45) is 11.5 Å². The van der Waals surface area contributed by atoms with Crippen LogP contribution in [-0.2, 0) is 0 Å². The minimum Gasteiger partial charge on any atom is -0.330 e. The molecule has 0 aromatic rings. The summed E-state index contributed by atoms with van der Waals surface area (Å²) in [5.41, 5.74) is 10.7. The van der Waals surface area contributed by atoms with Gasteiger partial charge in [0.2, 0.25) is 0 Å². The summed E-state index contributed by atoms with van der Waals surface area (Å²) in [5.74, 6) is 0. The second kappa shape index (κ2) is 21.2. The van der Waals surface area contributed by atoms with Crippen molar-refractivity contribution in [2.75, 3.05) is 13.1 Å². The van der Waals surface area contributed by atoms with Crippen LogP contribution in [0.15, 0.2) is 0 Å². The maximum absolute atomic E-state index is 5.34. The summed E-state index contributed by atoms with van der Waals surface area (Å²) in [4.78, 5) is 0. The van der Waals surface area contributed by atoms with Crippen LogP contribution in [0, 0.1) is 0 Å². The largest absolute Gasteiger partial charge is 0.330 e. The minimum atomic E-state index is 0.865. The first-order valence-electron chi connectivity index (χ1n) is 7.73. The topological polar surface area (TPSA) is 52.0 Å². The van der Waals surface area contributed by atoms with Crippen molar-refractivity contribution in [3.63, 3.8) is 0 Å². The molecule has 2 heteroatoms. The third kappa shape index (κ3) is 25.9. The van der Waals surface area contributed by atoms with Crippen LogP contribution in [0.3, 0.4) is 0 Å². The molecular formula is C15H36N2. The highest BCUT2D eigenvalue weighted by Gasteiger charge is 1.86. The normalized spacial score (nSPS) is 9.88. The van der Waals surface area contributed by atoms with E-state index in [1.54, 1.807) is 0 Å². The Morgan fingerprint density at radius 3 is 1.06 bits per heavy atom. The van der Waals surface area contributed by atoms with E-state index in [-0.39, 0.29) is 0 Å². The van der Waals surface area contributed by atoms with Crippen LogP contribution < -0.4 is 11.5 Å². The van der Waals surface area contributed by atoms with E-state index < -0.39 is 0 Å². The van der Waals surface area contributed by atoms with Crippen molar-refractivity contribution in [3.05, 3.63) is 0 Å². The van der Waals surface area contributed by atoms with Gasteiger partial charge in [-0.15, -0.1) is 0 Å². The highest BCUT2D eigenvalue weighted by Crippen LogP contribution is 2.03. The SMILES string of the molecule is CCCCCCCCN.CCCCCCCN. The molecule has 0 aromatic heterocycles. The van der Waals surface area contributed by atoms with Crippen LogP contribution >= 0.6 is 0 Å². The third-order valence-electron chi connectivity index (χ3n) is 2.87. The number of rotatable bonds is 11. The zero-order valence-corrected chi connectivity index (χ0v) is 12.3. The maximum atomic E-state index is 5.34. The third-order valence-corrected chi connectivity index (χ3v) is 2.87. The predicted octanol–water partition coefficient (Wildman–Crippen LogP) is 4.22. The lowest BCUT2D eigenvalue weighted by Crippen LogP contribution is -1.97. The average molecular weight is 244 g/mol. The van der Waals surface area contributed by atoms with Gasteiger partial charge in [0.25, 0.3) is 0 Å². The first-order valence-corrected chi connectivity index (χ1v) is 7.73. The summed E-state index contributed by atoms with van der Waals surface area (Å²) < 4.78 is 0. The summed E-state index contributed by atoms with van der Waals surface area (Å²) in [6, 6.07) is 0. The Kier molecular flexibility index (Phi) is 24.1. The fourth-order valence-electron chi connectivity index (χ4n) is 1.67. The molecule has 0 aromatic carbocycles. The Hall–Kier alpha value is -0.0800. The van der Waals surface area contributed by atoms with E-state index in [1.165, 1.54) is 70.6 Å². The monoisotopic (exact) mass is 244 g/mol. The molecule has 0 heterocycles. The minimum absolute atomic E-state index is 0.865. The molecule has 0 bridgehead atoms. The van der Waals surface area contributed by atoms with Gasteiger partial charge in [-0.1, -0.05) is 71.6 Å². The average Bonchev–Trinajstić information content (AvgIpc) is 2.36. The molecule has 17 heavy (non-hydrogen) atoms. The van der Waals surface area contributed by atoms with Crippen LogP contribution in [0.2, 0.25) is 0 Å². The van der Waals surface area contributed by atoms with Crippen LogP contribution in [0.5, 0.6) is 0 Å². The molecule has 106 valence electrons. The highest BCUT2D eigenvalue weighted by atomic mass is 14.5. The lowest BCUT2D eigenvalue weighted by Gasteiger charge is -1.96. The van der Waals surface area contributed by atoms with Gasteiger partial charge in [0.15, 0.2) is 0 Å². The van der Waals surface area contributed by atoms with E-state index in [0.29, 0.717) is 0 Å². The Morgan fingerprint density at radius 2 is 0.765 bits per heavy atom. The molecular weight excluding hydrogens is 208 g/mol. The molecule has 2 nitrogen and oxygen atoms in total. The van der Waals surface area contributed by atoms with Gasteiger partial charge in [0.05, 0.1) is 0 Å². The van der Waals surface area contributed by atoms with Crippen LogP contribution in [0.25, 0.3) is 0 Å². The van der Waals surface area contributed by atoms with E-state index in [1.807, 2.05) is 0 Å². The summed E-state index contributed by atoms with van der Waals surface area (Å²) in [5, 5.41) is 0. The zero-order chi connectivity index (χ0) is 13.2. The van der Waals surface area contributed by atoms with Crippen molar-refractivity contribution in [1.29, 1.82) is 0 Å². The molecule has 0 saturated heterocycles. The lowest BCUT2D eigenvalue weighted by molar-refractivity contribution is 0.612. The van der Waals surface area contributed by atoms with Gasteiger partial charge in [0, 0.05) is 0 Å². The van der Waals surface area contributed by atoms with E-state index in [4.69, 9.17) is 11.5 Å². The Labute approximate surface area is 110 Å². The first kappa shape index (κ1) is 19.3. The maximum Gasteiger partial charge on any atom is -0.00773 e. The van der Waals surface area contributed by atoms with Gasteiger partial charge in [-0.25, -0.2) is 0 Å². The summed E-state index contributed by atoms with van der Waals surface area (Å²) in [6.07, 6.45) is 14.7. The molecule has 0 rings (SSSR count). The second-order valence-corrected chi connectivity index (χ2v) is 4.76. The number of unbranched alkanes of at least 4 members (excludes halogenated alkanes) is 9. The Bertz CT molecular complexity index is 93.1. The van der Waals surface area contributed by atoms with E-state index in [9.17, 15) is 0 Å². The molecule has 0 amide bonds. The Balaban J connectivity index is 0. The fourth-order valence-corrected chi connectivity index (χ4v) is 1.67. The highest BCUT2D eigenvalue weighted by molar-refractivity contribution is 4.43. The molecule has 0 aliphatic rings. The van der Waals surface area contributed by atoms with Crippen LogP contribution in [-0.4, -0.2) is 13.1 Å². The molecule has 0 spiro atoms. The quantitative estimate of drug-likeness (QED) is 0.535. The zero-order valence-electron chi connectivity index (χ0n) is 12.3. The number of hydrogen-bond donors (Lipinski definition) is 2. The molecule has 0 saturated carbocycles. The Morgan fingerprint density at radius 1 is 0.471 bits per heavy atom. The number of hydrogen-bond acceptors (Lipinski definition) is 2. The smallest absolute Gasteiger partial charge is 0.00773 e. The summed E-state index contributed by atoms with van der Waals surface area (Å²) >= 11 is 0. The molecule has 0 radical (unpaired) electrons. The van der Waals surface area contributed by atoms with Gasteiger partial charge >= 0.3 is 0 Å². The molecule has 0 aliphatic heterocycles. The molecule has 0 atom stereocenters. The van der Waals surface area contributed by atoms with Gasteiger partial charge < -0.3 is 11.5 Å². The standard InChI is InChI=1S/C8H19N.C7H17N/c1-2-3-4-5-6-7-8-9;1-2-3-4-5-6-7-8/h2-9H2,1H3;2-8H2,1H3. The molecule has 0 fully saturated rings. The fraction of sp³-hybridized carbons (Fsp3) is 1.00. The summed E-state index contributed by atoms with van der Waals surface area (Å²) in [6.45, 7) is 6.20. The van der Waals surface area contributed by atoms with Crippen molar-refractivity contribution < 1.29 is 0 Å². The molecule has 0 aliphatic carbocycles. The molecule has 0 unspecified atom stereocenters. The van der Waals surface area contributed by atoms with Crippen molar-refractivity contribution in [1.82, 2.24) is 0 Å². The van der Waals surface area contributed by atoms with Gasteiger partial charge in [-0.3, -0.25) is 0 Å². The first-order chi connectivity index (χ1) is 8.33. The van der Waals surface area contributed by atoms with E-state index in [0.717, 1.165) is 13.1 Å². The van der Waals surface area contributed by atoms with Crippen LogP contribution in [0.1, 0.15) is 84.5 Å². The van der Waals surface area contributed by atoms with Crippen LogP contribution in [0.4, 0.5) is 0 Å². The van der Waals surface area contributed by atoms with Gasteiger partial charge in [0.1, 0.15) is 0 Å². The van der Waals surface area contributed by atoms with Crippen molar-refractivity contribution >= 4 is 0 Å². The second-order valence-electron chi connectivity index (χ2n) is 4.76. The predicted molar refractivity (Wildman–Crippen MR) is 80.2 cm³/mol. The van der Waals surface area contributed by atoms with Gasteiger partial charge in [-0.05, 0) is 25.9 Å². The molecule has 4 N–H and O–H groups in total. The van der Waals surface area contributed by atoms with E-state index >= 15 is 0 Å².